The third-order valence-electron chi connectivity index (χ3n) is 13.7. The Hall–Kier alpha value is -4.56. The van der Waals surface area contributed by atoms with E-state index in [-0.39, 0.29) is 17.6 Å². The van der Waals surface area contributed by atoms with E-state index in [1.54, 1.807) is 0 Å². The van der Waals surface area contributed by atoms with Crippen LogP contribution >= 0.6 is 0 Å². The highest BCUT2D eigenvalue weighted by Crippen LogP contribution is 2.59. The first-order chi connectivity index (χ1) is 26.6. The summed E-state index contributed by atoms with van der Waals surface area (Å²) in [5.41, 5.74) is 5.65. The molecule has 2 bridgehead atoms. The second-order valence-electron chi connectivity index (χ2n) is 17.0. The van der Waals surface area contributed by atoms with E-state index < -0.39 is 22.7 Å². The number of benzene rings is 4. The third kappa shape index (κ3) is 7.07. The zero-order valence-corrected chi connectivity index (χ0v) is 32.3. The minimum Gasteiger partial charge on any atom is -0.393 e. The number of rotatable bonds is 6. The van der Waals surface area contributed by atoms with E-state index in [2.05, 4.69) is 71.4 Å². The van der Waals surface area contributed by atoms with Crippen molar-refractivity contribution < 1.29 is 19.8 Å². The maximum atomic E-state index is 14.6. The van der Waals surface area contributed by atoms with Crippen LogP contribution in [0.5, 0.6) is 0 Å². The molecular formula is C48H55N3O4. The number of allylic oxidation sites excluding steroid dienone is 2. The number of aliphatic hydroxyl groups excluding tert-OH is 1. The van der Waals surface area contributed by atoms with E-state index in [1.807, 2.05) is 66.7 Å². The minimum atomic E-state index is -0.995. The molecule has 2 saturated heterocycles. The zero-order chi connectivity index (χ0) is 38.2. The lowest BCUT2D eigenvalue weighted by Gasteiger charge is -2.49. The molecule has 3 aliphatic carbocycles. The molecule has 0 radical (unpaired) electrons. The topological polar surface area (TPSA) is 93.1 Å². The first-order valence-corrected chi connectivity index (χ1v) is 20.3. The van der Waals surface area contributed by atoms with Gasteiger partial charge >= 0.3 is 0 Å². The number of anilines is 1. The van der Waals surface area contributed by atoms with Gasteiger partial charge in [0.15, 0.2) is 5.78 Å². The van der Waals surface area contributed by atoms with Gasteiger partial charge in [-0.3, -0.25) is 9.59 Å². The van der Waals surface area contributed by atoms with Gasteiger partial charge in [-0.05, 0) is 111 Å². The van der Waals surface area contributed by atoms with Crippen molar-refractivity contribution in [1.29, 1.82) is 0 Å². The number of ketones is 1. The van der Waals surface area contributed by atoms with Crippen molar-refractivity contribution in [3.8, 4) is 11.1 Å². The van der Waals surface area contributed by atoms with Crippen molar-refractivity contribution in [3.05, 3.63) is 137 Å². The van der Waals surface area contributed by atoms with Gasteiger partial charge in [-0.25, -0.2) is 0 Å². The average Bonchev–Trinajstić information content (AvgIpc) is 3.65. The molecule has 5 aliphatic rings. The molecule has 286 valence electrons. The fourth-order valence-electron chi connectivity index (χ4n) is 10.3. The Labute approximate surface area is 326 Å². The molecular weight excluding hydrogens is 683 g/mol. The van der Waals surface area contributed by atoms with Crippen LogP contribution in [0.4, 0.5) is 5.69 Å². The van der Waals surface area contributed by atoms with Gasteiger partial charge in [0, 0.05) is 41.9 Å². The number of piperidine rings is 1. The average molecular weight is 738 g/mol. The first kappa shape index (κ1) is 37.4. The number of β-amino-alcohol motifs (C(OH)–C–C–N with tert-alkyl or cyclic N) is 1. The molecule has 3 fully saturated rings. The monoisotopic (exact) mass is 737 g/mol. The van der Waals surface area contributed by atoms with E-state index in [4.69, 9.17) is 0 Å². The van der Waals surface area contributed by atoms with Gasteiger partial charge in [0.05, 0.1) is 18.4 Å². The number of hydrogen-bond donors (Lipinski definition) is 3. The fourth-order valence-corrected chi connectivity index (χ4v) is 10.3. The Balaban J connectivity index is 1.10. The maximum absolute atomic E-state index is 14.6. The summed E-state index contributed by atoms with van der Waals surface area (Å²) in [5, 5.41) is 27.2. The predicted octanol–water partition coefficient (Wildman–Crippen LogP) is 8.05. The van der Waals surface area contributed by atoms with E-state index in [9.17, 15) is 19.8 Å². The van der Waals surface area contributed by atoms with Crippen LogP contribution in [0.3, 0.4) is 0 Å². The largest absolute Gasteiger partial charge is 0.393 e. The Morgan fingerprint density at radius 1 is 0.855 bits per heavy atom. The number of carbonyl (C=O) groups is 2. The molecule has 9 rings (SSSR count). The number of nitrogens with one attached hydrogen (secondary N) is 1. The number of carbonyl (C=O) groups excluding carboxylic acids is 2. The normalized spacial score (nSPS) is 27.0. The van der Waals surface area contributed by atoms with Gasteiger partial charge in [0.1, 0.15) is 5.54 Å². The SMILES string of the molecule is CC1=CCCC2(C)C(CCC2(O)CN2CCC3(CC2)C(=O)NCN3c2ccccc2)c2ccc(cc2C(=O)c2ccc(-c3ccccc3)cc2)CC(O)CC1. The summed E-state index contributed by atoms with van der Waals surface area (Å²) in [7, 11) is 0. The summed E-state index contributed by atoms with van der Waals surface area (Å²) in [6.07, 6.45) is 8.15. The number of fused-ring (bicyclic) bond motifs is 8. The van der Waals surface area contributed by atoms with Crippen molar-refractivity contribution in [2.24, 2.45) is 5.41 Å². The van der Waals surface area contributed by atoms with Crippen LogP contribution in [-0.2, 0) is 11.2 Å². The van der Waals surface area contributed by atoms with Crippen molar-refractivity contribution in [2.75, 3.05) is 31.2 Å². The molecule has 2 aliphatic heterocycles. The summed E-state index contributed by atoms with van der Waals surface area (Å²) in [5.74, 6) is 0.0327. The number of nitrogens with zero attached hydrogens (tertiary/aromatic N) is 2. The Morgan fingerprint density at radius 2 is 1.55 bits per heavy atom. The van der Waals surface area contributed by atoms with Crippen molar-refractivity contribution in [2.45, 2.75) is 94.8 Å². The molecule has 3 N–H and O–H groups in total. The standard InChI is InChI=1S/C48H55N3O4/c1-34-10-9-24-46(2)43(23-25-48(46,55)32-50-28-26-47(27-29-50)45(54)49-33-51(47)39-13-7-4-8-14-39)41-22-16-35(30-40(52)21-15-34)31-42(41)44(53)38-19-17-37(18-20-38)36-11-5-3-6-12-36/h3-8,10-14,16-20,22,31,40,43,52,55H,9,15,21,23-30,32-33H2,1-2H3,(H,49,54). The summed E-state index contributed by atoms with van der Waals surface area (Å²) >= 11 is 0. The van der Waals surface area contributed by atoms with Crippen molar-refractivity contribution >= 4 is 17.4 Å². The molecule has 4 unspecified atom stereocenters. The highest BCUT2D eigenvalue weighted by molar-refractivity contribution is 6.10. The minimum absolute atomic E-state index is 0.0225. The van der Waals surface area contributed by atoms with Crippen LogP contribution in [0.2, 0.25) is 0 Å². The number of hydrogen-bond acceptors (Lipinski definition) is 6. The fraction of sp³-hybridized carbons (Fsp3) is 0.417. The Morgan fingerprint density at radius 3 is 2.27 bits per heavy atom. The molecule has 1 spiro atoms. The van der Waals surface area contributed by atoms with E-state index in [0.717, 1.165) is 66.7 Å². The number of para-hydroxylation sites is 1. The molecule has 4 atom stereocenters. The molecule has 4 aromatic rings. The lowest BCUT2D eigenvalue weighted by Crippen LogP contribution is -2.59. The third-order valence-corrected chi connectivity index (χ3v) is 13.7. The van der Waals surface area contributed by atoms with Gasteiger partial charge in [0.25, 0.3) is 0 Å². The van der Waals surface area contributed by atoms with Crippen LogP contribution in [0.25, 0.3) is 11.1 Å². The summed E-state index contributed by atoms with van der Waals surface area (Å²) in [6.45, 7) is 6.88. The van der Waals surface area contributed by atoms with Crippen LogP contribution in [0.1, 0.15) is 98.2 Å². The van der Waals surface area contributed by atoms with Crippen LogP contribution < -0.4 is 10.2 Å². The van der Waals surface area contributed by atoms with Gasteiger partial charge in [0.2, 0.25) is 5.91 Å². The Kier molecular flexibility index (Phi) is 10.3. The predicted molar refractivity (Wildman–Crippen MR) is 219 cm³/mol. The van der Waals surface area contributed by atoms with Crippen LogP contribution in [0.15, 0.2) is 115 Å². The molecule has 1 saturated carbocycles. The second-order valence-corrected chi connectivity index (χ2v) is 17.0. The molecule has 4 aromatic carbocycles. The van der Waals surface area contributed by atoms with Gasteiger partial charge in [-0.2, -0.15) is 0 Å². The van der Waals surface area contributed by atoms with Gasteiger partial charge in [-0.15, -0.1) is 0 Å². The van der Waals surface area contributed by atoms with E-state index in [1.165, 1.54) is 5.57 Å². The molecule has 7 heteroatoms. The number of amides is 1. The molecule has 1 amide bonds. The quantitative estimate of drug-likeness (QED) is 0.137. The number of aliphatic hydroxyl groups is 2. The van der Waals surface area contributed by atoms with Crippen LogP contribution in [-0.4, -0.2) is 70.4 Å². The maximum Gasteiger partial charge on any atom is 0.247 e. The highest BCUT2D eigenvalue weighted by Gasteiger charge is 2.58. The highest BCUT2D eigenvalue weighted by atomic mass is 16.3. The smallest absolute Gasteiger partial charge is 0.247 e. The molecule has 2 heterocycles. The van der Waals surface area contributed by atoms with Crippen molar-refractivity contribution in [3.63, 3.8) is 0 Å². The molecule has 55 heavy (non-hydrogen) atoms. The van der Waals surface area contributed by atoms with Crippen molar-refractivity contribution in [1.82, 2.24) is 10.2 Å². The molecule has 0 aromatic heterocycles. The van der Waals surface area contributed by atoms with E-state index in [0.29, 0.717) is 56.4 Å². The molecule has 7 nitrogen and oxygen atoms in total. The summed E-state index contributed by atoms with van der Waals surface area (Å²) in [4.78, 5) is 32.7. The lowest BCUT2D eigenvalue weighted by atomic mass is 9.64. The summed E-state index contributed by atoms with van der Waals surface area (Å²) in [6, 6.07) is 34.5. The number of likely N-dealkylation sites (tertiary alicyclic amines) is 1. The van der Waals surface area contributed by atoms with Gasteiger partial charge < -0.3 is 25.3 Å². The lowest BCUT2D eigenvalue weighted by molar-refractivity contribution is -0.126. The summed E-state index contributed by atoms with van der Waals surface area (Å²) < 4.78 is 0. The zero-order valence-electron chi connectivity index (χ0n) is 32.3. The van der Waals surface area contributed by atoms with Gasteiger partial charge in [-0.1, -0.05) is 104 Å². The van der Waals surface area contributed by atoms with E-state index >= 15 is 0 Å². The second kappa shape index (κ2) is 15.2. The first-order valence-electron chi connectivity index (χ1n) is 20.3. The van der Waals surface area contributed by atoms with Crippen LogP contribution in [0, 0.1) is 5.41 Å². The Bertz CT molecular complexity index is 2040.